The first-order valence-electron chi connectivity index (χ1n) is 6.83. The summed E-state index contributed by atoms with van der Waals surface area (Å²) in [6, 6.07) is 17.6. The molecule has 0 saturated carbocycles. The first kappa shape index (κ1) is 13.4. The average Bonchev–Trinajstić information content (AvgIpc) is 2.54. The number of ether oxygens (including phenoxy) is 1. The van der Waals surface area contributed by atoms with E-state index in [9.17, 15) is 4.79 Å². The van der Waals surface area contributed by atoms with Gasteiger partial charge in [-0.3, -0.25) is 4.79 Å². The van der Waals surface area contributed by atoms with Gasteiger partial charge in [-0.1, -0.05) is 42.5 Å². The topological polar surface area (TPSA) is 41.9 Å². The number of nitrogens with zero attached hydrogens (tertiary/aromatic N) is 2. The van der Waals surface area contributed by atoms with Crippen molar-refractivity contribution >= 4 is 12.1 Å². The van der Waals surface area contributed by atoms with E-state index in [2.05, 4.69) is 5.10 Å². The van der Waals surface area contributed by atoms with Gasteiger partial charge in [0, 0.05) is 5.56 Å². The molecular formula is C17H16N2O2. The predicted molar refractivity (Wildman–Crippen MR) is 81.2 cm³/mol. The molecule has 2 aromatic rings. The zero-order chi connectivity index (χ0) is 14.7. The largest absolute Gasteiger partial charge is 0.496 e. The number of hydrazone groups is 1. The van der Waals surface area contributed by atoms with Gasteiger partial charge < -0.3 is 4.74 Å². The molecule has 1 atom stereocenters. The van der Waals surface area contributed by atoms with Crippen LogP contribution in [0.15, 0.2) is 59.7 Å². The van der Waals surface area contributed by atoms with Crippen LogP contribution in [-0.4, -0.2) is 24.2 Å². The van der Waals surface area contributed by atoms with Gasteiger partial charge in [0.2, 0.25) is 5.91 Å². The van der Waals surface area contributed by atoms with Crippen LogP contribution in [0.4, 0.5) is 0 Å². The molecular weight excluding hydrogens is 264 g/mol. The molecule has 0 aromatic heterocycles. The Bertz CT molecular complexity index is 668. The number of benzene rings is 2. The van der Waals surface area contributed by atoms with Crippen LogP contribution in [0.25, 0.3) is 0 Å². The van der Waals surface area contributed by atoms with Crippen molar-refractivity contribution in [2.45, 2.75) is 12.5 Å². The van der Waals surface area contributed by atoms with Gasteiger partial charge in [0.1, 0.15) is 5.75 Å². The summed E-state index contributed by atoms with van der Waals surface area (Å²) in [5, 5.41) is 5.86. The van der Waals surface area contributed by atoms with E-state index in [0.29, 0.717) is 6.42 Å². The highest BCUT2D eigenvalue weighted by atomic mass is 16.5. The molecule has 3 rings (SSSR count). The second-order valence-corrected chi connectivity index (χ2v) is 4.86. The lowest BCUT2D eigenvalue weighted by molar-refractivity contribution is -0.146. The maximum absolute atomic E-state index is 11.8. The molecule has 106 valence electrons. The Kier molecular flexibility index (Phi) is 3.69. The zero-order valence-electron chi connectivity index (χ0n) is 11.8. The summed E-state index contributed by atoms with van der Waals surface area (Å²) in [5.74, 6) is 0.778. The van der Waals surface area contributed by atoms with E-state index >= 15 is 0 Å². The molecule has 1 aliphatic heterocycles. The number of hydrogen-bond donors (Lipinski definition) is 0. The van der Waals surface area contributed by atoms with Crippen LogP contribution in [0.1, 0.15) is 23.6 Å². The summed E-state index contributed by atoms with van der Waals surface area (Å²) in [7, 11) is 1.62. The van der Waals surface area contributed by atoms with Crippen molar-refractivity contribution < 1.29 is 9.53 Å². The fourth-order valence-corrected chi connectivity index (χ4v) is 2.38. The first-order valence-corrected chi connectivity index (χ1v) is 6.83. The summed E-state index contributed by atoms with van der Waals surface area (Å²) in [6.45, 7) is 0. The quantitative estimate of drug-likeness (QED) is 0.638. The highest BCUT2D eigenvalue weighted by molar-refractivity contribution is 5.88. The number of carbonyl (C=O) groups is 1. The van der Waals surface area contributed by atoms with Crippen molar-refractivity contribution in [2.24, 2.45) is 5.10 Å². The van der Waals surface area contributed by atoms with Crippen molar-refractivity contribution in [1.29, 1.82) is 0 Å². The Morgan fingerprint density at radius 3 is 2.57 bits per heavy atom. The number of β-lactam (4-membered cyclic amide) rings is 1. The molecule has 0 unspecified atom stereocenters. The van der Waals surface area contributed by atoms with Gasteiger partial charge in [-0.25, -0.2) is 5.01 Å². The summed E-state index contributed by atoms with van der Waals surface area (Å²) in [4.78, 5) is 11.8. The average molecular weight is 280 g/mol. The Morgan fingerprint density at radius 1 is 1.14 bits per heavy atom. The fourth-order valence-electron chi connectivity index (χ4n) is 2.38. The number of hydrogen-bond acceptors (Lipinski definition) is 3. The van der Waals surface area contributed by atoms with E-state index in [-0.39, 0.29) is 11.9 Å². The van der Waals surface area contributed by atoms with Crippen molar-refractivity contribution in [3.05, 3.63) is 65.7 Å². The van der Waals surface area contributed by atoms with Crippen LogP contribution in [-0.2, 0) is 4.79 Å². The van der Waals surface area contributed by atoms with Crippen molar-refractivity contribution in [3.63, 3.8) is 0 Å². The minimum Gasteiger partial charge on any atom is -0.496 e. The maximum atomic E-state index is 11.8. The van der Waals surface area contributed by atoms with E-state index in [1.807, 2.05) is 54.6 Å². The van der Waals surface area contributed by atoms with Crippen LogP contribution in [0.5, 0.6) is 5.75 Å². The molecule has 0 spiro atoms. The second kappa shape index (κ2) is 5.79. The monoisotopic (exact) mass is 280 g/mol. The van der Waals surface area contributed by atoms with Gasteiger partial charge in [0.15, 0.2) is 0 Å². The number of amides is 1. The van der Waals surface area contributed by atoms with Crippen molar-refractivity contribution in [3.8, 4) is 5.75 Å². The minimum absolute atomic E-state index is 0.0321. The molecule has 0 radical (unpaired) electrons. The van der Waals surface area contributed by atoms with Gasteiger partial charge in [0.05, 0.1) is 25.8 Å². The zero-order valence-corrected chi connectivity index (χ0v) is 11.8. The Labute approximate surface area is 123 Å². The van der Waals surface area contributed by atoms with E-state index in [0.717, 1.165) is 16.9 Å². The number of methoxy groups -OCH3 is 1. The lowest BCUT2D eigenvalue weighted by Crippen LogP contribution is -2.42. The molecule has 1 fully saturated rings. The van der Waals surface area contributed by atoms with Crippen LogP contribution in [0.3, 0.4) is 0 Å². The highest BCUT2D eigenvalue weighted by Crippen LogP contribution is 2.34. The SMILES string of the molecule is COc1ccccc1/C=N\N1C(=O)C[C@H]1c1ccccc1. The molecule has 1 saturated heterocycles. The minimum atomic E-state index is 0.0321. The van der Waals surface area contributed by atoms with Gasteiger partial charge in [-0.05, 0) is 17.7 Å². The van der Waals surface area contributed by atoms with Crippen molar-refractivity contribution in [2.75, 3.05) is 7.11 Å². The third-order valence-corrected chi connectivity index (χ3v) is 3.56. The first-order chi connectivity index (χ1) is 10.3. The Hall–Kier alpha value is -2.62. The van der Waals surface area contributed by atoms with Crippen LogP contribution in [0.2, 0.25) is 0 Å². The lowest BCUT2D eigenvalue weighted by Gasteiger charge is -2.36. The van der Waals surface area contributed by atoms with Gasteiger partial charge in [-0.15, -0.1) is 0 Å². The highest BCUT2D eigenvalue weighted by Gasteiger charge is 2.37. The van der Waals surface area contributed by atoms with Crippen LogP contribution < -0.4 is 4.74 Å². The molecule has 0 bridgehead atoms. The number of para-hydroxylation sites is 1. The molecule has 1 aliphatic rings. The predicted octanol–water partition coefficient (Wildman–Crippen LogP) is 3.00. The third kappa shape index (κ3) is 2.65. The smallest absolute Gasteiger partial charge is 0.245 e. The van der Waals surface area contributed by atoms with E-state index < -0.39 is 0 Å². The number of carbonyl (C=O) groups excluding carboxylic acids is 1. The van der Waals surface area contributed by atoms with Gasteiger partial charge in [0.25, 0.3) is 0 Å². The normalized spacial score (nSPS) is 17.9. The van der Waals surface area contributed by atoms with Gasteiger partial charge >= 0.3 is 0 Å². The molecule has 4 nitrogen and oxygen atoms in total. The van der Waals surface area contributed by atoms with Crippen LogP contribution in [0, 0.1) is 0 Å². The molecule has 0 aliphatic carbocycles. The molecule has 1 amide bonds. The van der Waals surface area contributed by atoms with E-state index in [1.165, 1.54) is 5.01 Å². The maximum Gasteiger partial charge on any atom is 0.245 e. The fraction of sp³-hybridized carbons (Fsp3) is 0.176. The molecule has 2 aromatic carbocycles. The molecule has 1 heterocycles. The summed E-state index contributed by atoms with van der Waals surface area (Å²) < 4.78 is 5.27. The van der Waals surface area contributed by atoms with E-state index in [1.54, 1.807) is 13.3 Å². The Balaban J connectivity index is 1.80. The standard InChI is InChI=1S/C17H16N2O2/c1-21-16-10-6-5-9-14(16)12-18-19-15(11-17(19)20)13-7-3-2-4-8-13/h2-10,12,15H,11H2,1H3/b18-12-/t15-/m0/s1. The number of rotatable bonds is 4. The molecule has 0 N–H and O–H groups in total. The summed E-state index contributed by atoms with van der Waals surface area (Å²) >= 11 is 0. The van der Waals surface area contributed by atoms with Gasteiger partial charge in [-0.2, -0.15) is 5.10 Å². The lowest BCUT2D eigenvalue weighted by atomic mass is 9.96. The third-order valence-electron chi connectivity index (χ3n) is 3.56. The summed E-state index contributed by atoms with van der Waals surface area (Å²) in [6.07, 6.45) is 2.18. The Morgan fingerprint density at radius 2 is 1.86 bits per heavy atom. The second-order valence-electron chi connectivity index (χ2n) is 4.86. The van der Waals surface area contributed by atoms with Crippen LogP contribution >= 0.6 is 0 Å². The summed E-state index contributed by atoms with van der Waals surface area (Å²) in [5.41, 5.74) is 1.96. The van der Waals surface area contributed by atoms with E-state index in [4.69, 9.17) is 4.74 Å². The van der Waals surface area contributed by atoms with Crippen molar-refractivity contribution in [1.82, 2.24) is 5.01 Å². The molecule has 21 heavy (non-hydrogen) atoms. The molecule has 4 heteroatoms.